The van der Waals surface area contributed by atoms with Crippen LogP contribution in [0.3, 0.4) is 0 Å². The van der Waals surface area contributed by atoms with Gasteiger partial charge in [-0.25, -0.2) is 0 Å². The van der Waals surface area contributed by atoms with E-state index in [9.17, 15) is 9.90 Å². The van der Waals surface area contributed by atoms with Gasteiger partial charge in [0.1, 0.15) is 5.75 Å². The molecule has 1 radical (unpaired) electrons. The Bertz CT molecular complexity index is 291. The number of benzene rings is 1. The van der Waals surface area contributed by atoms with Gasteiger partial charge in [-0.2, -0.15) is 0 Å². The van der Waals surface area contributed by atoms with Gasteiger partial charge in [0.2, 0.25) is 0 Å². The summed E-state index contributed by atoms with van der Waals surface area (Å²) in [7, 11) is 1.33. The first kappa shape index (κ1) is 10.4. The van der Waals surface area contributed by atoms with Crippen molar-refractivity contribution >= 4 is 5.97 Å². The second kappa shape index (κ2) is 5.11. The molecule has 0 bridgehead atoms. The van der Waals surface area contributed by atoms with Crippen molar-refractivity contribution in [3.63, 3.8) is 0 Å². The standard InChI is InChI=1S/C10H11O4/c1-13-10(12)6-7-14-9-4-2-8(11)3-5-9/h2-5H,6-7H2,1H3. The van der Waals surface area contributed by atoms with E-state index >= 15 is 0 Å². The van der Waals surface area contributed by atoms with Crippen LogP contribution in [0.25, 0.3) is 0 Å². The van der Waals surface area contributed by atoms with Crippen molar-refractivity contribution in [2.45, 2.75) is 6.42 Å². The van der Waals surface area contributed by atoms with E-state index < -0.39 is 0 Å². The van der Waals surface area contributed by atoms with Crippen molar-refractivity contribution in [3.8, 4) is 11.5 Å². The van der Waals surface area contributed by atoms with Gasteiger partial charge in [0.05, 0.1) is 20.1 Å². The fourth-order valence-corrected chi connectivity index (χ4v) is 0.890. The van der Waals surface area contributed by atoms with Crippen molar-refractivity contribution < 1.29 is 19.4 Å². The Morgan fingerprint density at radius 1 is 1.29 bits per heavy atom. The monoisotopic (exact) mass is 195 g/mol. The quantitative estimate of drug-likeness (QED) is 0.688. The Balaban J connectivity index is 2.31. The zero-order chi connectivity index (χ0) is 10.4. The Kier molecular flexibility index (Phi) is 3.79. The highest BCUT2D eigenvalue weighted by molar-refractivity contribution is 5.69. The minimum atomic E-state index is -0.314. The van der Waals surface area contributed by atoms with Gasteiger partial charge in [0.25, 0.3) is 0 Å². The average Bonchev–Trinajstić information content (AvgIpc) is 2.21. The van der Waals surface area contributed by atoms with E-state index in [-0.39, 0.29) is 24.7 Å². The second-order valence-corrected chi connectivity index (χ2v) is 2.65. The first-order chi connectivity index (χ1) is 6.72. The van der Waals surface area contributed by atoms with Gasteiger partial charge in [-0.15, -0.1) is 0 Å². The number of methoxy groups -OCH3 is 1. The lowest BCUT2D eigenvalue weighted by atomic mass is 10.3. The van der Waals surface area contributed by atoms with Crippen LogP contribution in [0.15, 0.2) is 24.3 Å². The highest BCUT2D eigenvalue weighted by atomic mass is 16.5. The topological polar surface area (TPSA) is 55.4 Å². The number of ether oxygens (including phenoxy) is 2. The van der Waals surface area contributed by atoms with Crippen molar-refractivity contribution in [3.05, 3.63) is 24.3 Å². The molecule has 0 aliphatic rings. The molecule has 1 rings (SSSR count). The third-order valence-electron chi connectivity index (χ3n) is 1.63. The summed E-state index contributed by atoms with van der Waals surface area (Å²) in [5.41, 5.74) is 0. The molecule has 0 aromatic heterocycles. The first-order valence-electron chi connectivity index (χ1n) is 4.19. The van der Waals surface area contributed by atoms with Gasteiger partial charge in [0.15, 0.2) is 5.75 Å². The van der Waals surface area contributed by atoms with Crippen molar-refractivity contribution in [1.82, 2.24) is 0 Å². The van der Waals surface area contributed by atoms with Gasteiger partial charge in [0, 0.05) is 0 Å². The number of esters is 1. The van der Waals surface area contributed by atoms with Crippen molar-refractivity contribution in [2.75, 3.05) is 13.7 Å². The Labute approximate surface area is 82.1 Å². The van der Waals surface area contributed by atoms with Gasteiger partial charge in [-0.3, -0.25) is 9.90 Å². The summed E-state index contributed by atoms with van der Waals surface area (Å²) in [6.07, 6.45) is 0.204. The van der Waals surface area contributed by atoms with E-state index in [0.29, 0.717) is 5.75 Å². The summed E-state index contributed by atoms with van der Waals surface area (Å²) in [5, 5.41) is 10.7. The molecule has 0 aliphatic heterocycles. The average molecular weight is 195 g/mol. The van der Waals surface area contributed by atoms with E-state index in [4.69, 9.17) is 4.74 Å². The van der Waals surface area contributed by atoms with E-state index in [1.165, 1.54) is 19.2 Å². The van der Waals surface area contributed by atoms with Gasteiger partial charge in [-0.1, -0.05) is 0 Å². The van der Waals surface area contributed by atoms with Crippen molar-refractivity contribution in [1.29, 1.82) is 0 Å². The lowest BCUT2D eigenvalue weighted by Gasteiger charge is -2.04. The molecule has 0 fully saturated rings. The van der Waals surface area contributed by atoms with E-state index in [2.05, 4.69) is 4.74 Å². The number of carbonyl (C=O) groups excluding carboxylic acids is 1. The molecule has 0 atom stereocenters. The second-order valence-electron chi connectivity index (χ2n) is 2.65. The summed E-state index contributed by atoms with van der Waals surface area (Å²) in [6.45, 7) is 0.255. The number of hydrogen-bond donors (Lipinski definition) is 0. The summed E-state index contributed by atoms with van der Waals surface area (Å²) in [4.78, 5) is 10.7. The molecule has 0 saturated heterocycles. The minimum absolute atomic E-state index is 0.0645. The Morgan fingerprint density at radius 2 is 1.93 bits per heavy atom. The largest absolute Gasteiger partial charge is 0.493 e. The molecular formula is C10H11O4. The third kappa shape index (κ3) is 3.35. The van der Waals surface area contributed by atoms with Gasteiger partial charge in [-0.05, 0) is 24.3 Å². The third-order valence-corrected chi connectivity index (χ3v) is 1.63. The molecule has 75 valence electrons. The Hall–Kier alpha value is -1.71. The maximum Gasteiger partial charge on any atom is 0.308 e. The number of hydrogen-bond acceptors (Lipinski definition) is 3. The fraction of sp³-hybridized carbons (Fsp3) is 0.300. The predicted octanol–water partition coefficient (Wildman–Crippen LogP) is 1.77. The lowest BCUT2D eigenvalue weighted by Crippen LogP contribution is -2.07. The zero-order valence-electron chi connectivity index (χ0n) is 7.86. The van der Waals surface area contributed by atoms with Crippen LogP contribution >= 0.6 is 0 Å². The van der Waals surface area contributed by atoms with Crippen LogP contribution in [0.1, 0.15) is 6.42 Å². The molecule has 0 amide bonds. The highest BCUT2D eigenvalue weighted by Crippen LogP contribution is 2.16. The molecule has 4 heteroatoms. The molecule has 0 unspecified atom stereocenters. The van der Waals surface area contributed by atoms with Crippen LogP contribution < -0.4 is 4.74 Å². The first-order valence-corrected chi connectivity index (χ1v) is 4.19. The smallest absolute Gasteiger partial charge is 0.308 e. The molecule has 1 aromatic rings. The minimum Gasteiger partial charge on any atom is -0.493 e. The van der Waals surface area contributed by atoms with E-state index in [0.717, 1.165) is 0 Å². The van der Waals surface area contributed by atoms with Crippen LogP contribution in [0.5, 0.6) is 11.5 Å². The molecule has 4 nitrogen and oxygen atoms in total. The summed E-state index contributed by atoms with van der Waals surface area (Å²) >= 11 is 0. The van der Waals surface area contributed by atoms with E-state index in [1.54, 1.807) is 12.1 Å². The predicted molar refractivity (Wildman–Crippen MR) is 48.7 cm³/mol. The summed E-state index contributed by atoms with van der Waals surface area (Å²) in [6, 6.07) is 5.96. The summed E-state index contributed by atoms with van der Waals surface area (Å²) < 4.78 is 9.63. The zero-order valence-corrected chi connectivity index (χ0v) is 7.86. The maximum atomic E-state index is 10.7. The maximum absolute atomic E-state index is 10.7. The molecule has 14 heavy (non-hydrogen) atoms. The number of rotatable bonds is 4. The Morgan fingerprint density at radius 3 is 2.50 bits per heavy atom. The molecule has 0 N–H and O–H groups in total. The molecule has 0 aliphatic carbocycles. The van der Waals surface area contributed by atoms with Crippen LogP contribution in [-0.2, 0) is 14.6 Å². The lowest BCUT2D eigenvalue weighted by molar-refractivity contribution is -0.141. The number of carbonyl (C=O) groups is 1. The van der Waals surface area contributed by atoms with Gasteiger partial charge >= 0.3 is 5.97 Å². The van der Waals surface area contributed by atoms with Gasteiger partial charge < -0.3 is 9.47 Å². The van der Waals surface area contributed by atoms with Crippen LogP contribution in [0.2, 0.25) is 0 Å². The normalized spacial score (nSPS) is 9.50. The van der Waals surface area contributed by atoms with E-state index in [1.807, 2.05) is 0 Å². The molecule has 0 heterocycles. The van der Waals surface area contributed by atoms with Crippen LogP contribution in [0, 0.1) is 0 Å². The van der Waals surface area contributed by atoms with Crippen LogP contribution in [-0.4, -0.2) is 19.7 Å². The molecule has 0 spiro atoms. The van der Waals surface area contributed by atoms with Crippen molar-refractivity contribution in [2.24, 2.45) is 0 Å². The molecule has 0 saturated carbocycles. The fourth-order valence-electron chi connectivity index (χ4n) is 0.890. The SMILES string of the molecule is COC(=O)CCOc1ccc([O])cc1. The molecule has 1 aromatic carbocycles. The van der Waals surface area contributed by atoms with Crippen LogP contribution in [0.4, 0.5) is 0 Å². The highest BCUT2D eigenvalue weighted by Gasteiger charge is 2.00. The molecular weight excluding hydrogens is 184 g/mol. The summed E-state index contributed by atoms with van der Waals surface area (Å²) in [5.74, 6) is 0.198.